The van der Waals surface area contributed by atoms with Gasteiger partial charge in [0, 0.05) is 41.4 Å². The first-order valence-electron chi connectivity index (χ1n) is 11.7. The van der Waals surface area contributed by atoms with Crippen molar-refractivity contribution in [2.75, 3.05) is 6.54 Å². The van der Waals surface area contributed by atoms with Gasteiger partial charge in [-0.1, -0.05) is 80.0 Å². The van der Waals surface area contributed by atoms with Gasteiger partial charge in [0.25, 0.3) is 0 Å². The molecule has 0 aliphatic rings. The Morgan fingerprint density at radius 3 is 2.46 bits per heavy atom. The maximum absolute atomic E-state index is 13.4. The monoisotopic (exact) mass is 491 g/mol. The summed E-state index contributed by atoms with van der Waals surface area (Å²) < 4.78 is 13.4. The molecule has 0 radical (unpaired) electrons. The summed E-state index contributed by atoms with van der Waals surface area (Å²) >= 11 is 6.70. The Morgan fingerprint density at radius 2 is 1.80 bits per heavy atom. The highest BCUT2D eigenvalue weighted by Gasteiger charge is 2.14. The standard InChI is InChI=1S/C29H31ClFN3O/c1-21(2)17-28(33-19-22-7-4-3-5-8-22)29(34-20-32-15-6-16-35)24-11-14-26(27(30)18-24)23-9-12-25(31)13-10-23/h3-5,7-14,16,18,20-21,33H,6,15,17,19H2,1-2H3,(H,32,34)/b29-28-. The van der Waals surface area contributed by atoms with Gasteiger partial charge in [0.1, 0.15) is 12.1 Å². The van der Waals surface area contributed by atoms with E-state index >= 15 is 0 Å². The van der Waals surface area contributed by atoms with E-state index in [-0.39, 0.29) is 5.82 Å². The molecule has 0 aliphatic heterocycles. The topological polar surface area (TPSA) is 53.5 Å². The number of carbonyl (C=O) groups is 1. The Kier molecular flexibility index (Phi) is 10.1. The number of rotatable bonds is 12. The summed E-state index contributed by atoms with van der Waals surface area (Å²) in [6.07, 6.45) is 3.67. The summed E-state index contributed by atoms with van der Waals surface area (Å²) in [7, 11) is 0. The second-order valence-electron chi connectivity index (χ2n) is 8.63. The number of halogens is 2. The van der Waals surface area contributed by atoms with E-state index < -0.39 is 0 Å². The van der Waals surface area contributed by atoms with Gasteiger partial charge in [0.15, 0.2) is 0 Å². The molecule has 0 spiro atoms. The van der Waals surface area contributed by atoms with Crippen LogP contribution in [0.3, 0.4) is 0 Å². The van der Waals surface area contributed by atoms with E-state index in [0.29, 0.717) is 30.5 Å². The van der Waals surface area contributed by atoms with Crippen LogP contribution in [0.4, 0.5) is 4.39 Å². The molecule has 0 heterocycles. The molecule has 0 fully saturated rings. The van der Waals surface area contributed by atoms with Crippen LogP contribution in [0.25, 0.3) is 16.8 Å². The van der Waals surface area contributed by atoms with Crippen LogP contribution in [0.1, 0.15) is 37.8 Å². The zero-order chi connectivity index (χ0) is 25.0. The maximum atomic E-state index is 13.4. The lowest BCUT2D eigenvalue weighted by atomic mass is 9.99. The molecule has 3 aromatic rings. The third kappa shape index (κ3) is 8.08. The van der Waals surface area contributed by atoms with E-state index in [9.17, 15) is 9.18 Å². The summed E-state index contributed by atoms with van der Waals surface area (Å²) in [5.41, 5.74) is 5.67. The van der Waals surface area contributed by atoms with Gasteiger partial charge >= 0.3 is 0 Å². The minimum absolute atomic E-state index is 0.285. The molecule has 0 saturated carbocycles. The summed E-state index contributed by atoms with van der Waals surface area (Å²) in [5, 5.41) is 7.50. The second-order valence-corrected chi connectivity index (χ2v) is 9.03. The van der Waals surface area contributed by atoms with E-state index in [1.807, 2.05) is 36.4 Å². The van der Waals surface area contributed by atoms with Crippen molar-refractivity contribution >= 4 is 29.9 Å². The molecule has 35 heavy (non-hydrogen) atoms. The quantitative estimate of drug-likeness (QED) is 0.126. The molecule has 3 aromatic carbocycles. The molecule has 0 aliphatic carbocycles. The summed E-state index contributed by atoms with van der Waals surface area (Å²) in [6.45, 7) is 5.44. The number of allylic oxidation sites excluding steroid dienone is 1. The number of nitrogens with zero attached hydrogens (tertiary/aromatic N) is 1. The predicted molar refractivity (Wildman–Crippen MR) is 144 cm³/mol. The summed E-state index contributed by atoms with van der Waals surface area (Å²) in [4.78, 5) is 14.9. The van der Waals surface area contributed by atoms with Crippen molar-refractivity contribution in [3.05, 3.63) is 100 Å². The van der Waals surface area contributed by atoms with Crippen molar-refractivity contribution in [1.82, 2.24) is 10.6 Å². The molecule has 4 nitrogen and oxygen atoms in total. The van der Waals surface area contributed by atoms with Gasteiger partial charge in [-0.15, -0.1) is 0 Å². The molecule has 0 aromatic heterocycles. The molecule has 0 saturated heterocycles. The number of aliphatic imine (C=N–C) groups is 1. The number of aldehydes is 1. The molecular formula is C29H31ClFN3O. The largest absolute Gasteiger partial charge is 0.383 e. The van der Waals surface area contributed by atoms with Crippen molar-refractivity contribution in [2.45, 2.75) is 33.2 Å². The molecule has 0 atom stereocenters. The first-order valence-corrected chi connectivity index (χ1v) is 12.1. The van der Waals surface area contributed by atoms with Crippen LogP contribution < -0.4 is 10.6 Å². The Morgan fingerprint density at radius 1 is 1.06 bits per heavy atom. The van der Waals surface area contributed by atoms with Gasteiger partial charge in [-0.3, -0.25) is 4.99 Å². The predicted octanol–water partition coefficient (Wildman–Crippen LogP) is 6.86. The fourth-order valence-corrected chi connectivity index (χ4v) is 3.95. The lowest BCUT2D eigenvalue weighted by Crippen LogP contribution is -2.22. The molecule has 0 amide bonds. The highest BCUT2D eigenvalue weighted by molar-refractivity contribution is 6.33. The fraction of sp³-hybridized carbons (Fsp3) is 0.241. The molecule has 0 unspecified atom stereocenters. The SMILES string of the molecule is CC(C)C/C(NCc1ccccc1)=C(/NC=NCCC=O)c1ccc(-c2ccc(F)cc2)c(Cl)c1. The average Bonchev–Trinajstić information content (AvgIpc) is 2.85. The van der Waals surface area contributed by atoms with E-state index in [1.54, 1.807) is 18.5 Å². The van der Waals surface area contributed by atoms with Gasteiger partial charge in [0.2, 0.25) is 0 Å². The fourth-order valence-electron chi connectivity index (χ4n) is 3.66. The van der Waals surface area contributed by atoms with Crippen LogP contribution in [0, 0.1) is 11.7 Å². The maximum Gasteiger partial charge on any atom is 0.123 e. The van der Waals surface area contributed by atoms with Crippen molar-refractivity contribution in [3.63, 3.8) is 0 Å². The van der Waals surface area contributed by atoms with Crippen molar-refractivity contribution in [2.24, 2.45) is 10.9 Å². The highest BCUT2D eigenvalue weighted by Crippen LogP contribution is 2.31. The van der Waals surface area contributed by atoms with Gasteiger partial charge in [0.05, 0.1) is 12.0 Å². The van der Waals surface area contributed by atoms with Crippen LogP contribution in [0.5, 0.6) is 0 Å². The lowest BCUT2D eigenvalue weighted by Gasteiger charge is -2.20. The Bertz CT molecular complexity index is 1160. The van der Waals surface area contributed by atoms with E-state index in [2.05, 4.69) is 41.6 Å². The average molecular weight is 492 g/mol. The van der Waals surface area contributed by atoms with Crippen LogP contribution in [-0.4, -0.2) is 19.2 Å². The number of hydrogen-bond acceptors (Lipinski definition) is 3. The Labute approximate surface area is 211 Å². The zero-order valence-corrected chi connectivity index (χ0v) is 20.9. The molecular weight excluding hydrogens is 461 g/mol. The van der Waals surface area contributed by atoms with Crippen molar-refractivity contribution in [3.8, 4) is 11.1 Å². The number of hydrogen-bond donors (Lipinski definition) is 2. The minimum Gasteiger partial charge on any atom is -0.383 e. The van der Waals surface area contributed by atoms with E-state index in [4.69, 9.17) is 11.6 Å². The summed E-state index contributed by atoms with van der Waals surface area (Å²) in [5.74, 6) is 0.124. The number of benzene rings is 3. The van der Waals surface area contributed by atoms with Gasteiger partial charge in [-0.25, -0.2) is 4.39 Å². The lowest BCUT2D eigenvalue weighted by molar-refractivity contribution is -0.107. The van der Waals surface area contributed by atoms with Crippen molar-refractivity contribution in [1.29, 1.82) is 0 Å². The van der Waals surface area contributed by atoms with Crippen molar-refractivity contribution < 1.29 is 9.18 Å². The Hall–Kier alpha value is -3.44. The second kappa shape index (κ2) is 13.4. The van der Waals surface area contributed by atoms with E-state index in [1.165, 1.54) is 17.7 Å². The number of carbonyl (C=O) groups excluding carboxylic acids is 1. The molecule has 6 heteroatoms. The first kappa shape index (κ1) is 26.2. The number of nitrogens with one attached hydrogen (secondary N) is 2. The third-order valence-corrected chi connectivity index (χ3v) is 5.66. The Balaban J connectivity index is 1.98. The van der Waals surface area contributed by atoms with Gasteiger partial charge in [-0.2, -0.15) is 0 Å². The van der Waals surface area contributed by atoms with Crippen LogP contribution in [-0.2, 0) is 11.3 Å². The van der Waals surface area contributed by atoms with E-state index in [0.717, 1.165) is 40.8 Å². The minimum atomic E-state index is -0.285. The molecule has 3 rings (SSSR count). The van der Waals surface area contributed by atoms with Gasteiger partial charge < -0.3 is 15.4 Å². The normalized spacial score (nSPS) is 12.0. The molecule has 182 valence electrons. The smallest absolute Gasteiger partial charge is 0.123 e. The molecule has 0 bridgehead atoms. The van der Waals surface area contributed by atoms with Crippen LogP contribution in [0.2, 0.25) is 5.02 Å². The van der Waals surface area contributed by atoms with Crippen LogP contribution >= 0.6 is 11.6 Å². The third-order valence-electron chi connectivity index (χ3n) is 5.35. The molecule has 2 N–H and O–H groups in total. The van der Waals surface area contributed by atoms with Crippen LogP contribution in [0.15, 0.2) is 83.5 Å². The highest BCUT2D eigenvalue weighted by atomic mass is 35.5. The first-order chi connectivity index (χ1) is 17.0. The van der Waals surface area contributed by atoms with Gasteiger partial charge in [-0.05, 0) is 41.7 Å². The zero-order valence-electron chi connectivity index (χ0n) is 20.1. The summed E-state index contributed by atoms with van der Waals surface area (Å²) in [6, 6.07) is 22.4.